The monoisotopic (exact) mass is 203 g/mol. The zero-order valence-electron chi connectivity index (χ0n) is 8.60. The molecule has 0 fully saturated rings. The first-order valence-electron chi connectivity index (χ1n) is 4.93. The Balaban J connectivity index is 2.25. The topological polar surface area (TPSA) is 46.3 Å². The number of aromatic nitrogens is 1. The Hall–Kier alpha value is -1.61. The Morgan fingerprint density at radius 2 is 2.00 bits per heavy atom. The van der Waals surface area contributed by atoms with Gasteiger partial charge in [-0.15, -0.1) is 0 Å². The van der Waals surface area contributed by atoms with E-state index in [4.69, 9.17) is 9.63 Å². The lowest BCUT2D eigenvalue weighted by molar-refractivity contribution is 0.277. The molecule has 78 valence electrons. The number of hydrogen-bond donors (Lipinski definition) is 1. The highest BCUT2D eigenvalue weighted by Gasteiger charge is 2.05. The average molecular weight is 203 g/mol. The van der Waals surface area contributed by atoms with Crippen molar-refractivity contribution in [3.05, 3.63) is 41.7 Å². The lowest BCUT2D eigenvalue weighted by Crippen LogP contribution is -1.86. The van der Waals surface area contributed by atoms with Gasteiger partial charge in [0.2, 0.25) is 0 Å². The molecule has 0 aliphatic carbocycles. The largest absolute Gasteiger partial charge is 0.396 e. The highest BCUT2D eigenvalue weighted by Crippen LogP contribution is 2.19. The highest BCUT2D eigenvalue weighted by atomic mass is 16.5. The molecule has 1 heterocycles. The molecule has 0 amide bonds. The molecular weight excluding hydrogens is 190 g/mol. The van der Waals surface area contributed by atoms with Crippen LogP contribution in [-0.2, 0) is 6.42 Å². The van der Waals surface area contributed by atoms with E-state index in [1.165, 1.54) is 5.56 Å². The normalized spacial score (nSPS) is 10.5. The van der Waals surface area contributed by atoms with Crippen LogP contribution in [0, 0.1) is 6.92 Å². The average Bonchev–Trinajstić information content (AvgIpc) is 2.68. The van der Waals surface area contributed by atoms with E-state index in [-0.39, 0.29) is 6.61 Å². The summed E-state index contributed by atoms with van der Waals surface area (Å²) in [6, 6.07) is 9.96. The first kappa shape index (κ1) is 9.93. The summed E-state index contributed by atoms with van der Waals surface area (Å²) in [5.41, 5.74) is 3.07. The van der Waals surface area contributed by atoms with Crippen LogP contribution < -0.4 is 0 Å². The molecule has 0 unspecified atom stereocenters. The van der Waals surface area contributed by atoms with Crippen LogP contribution in [-0.4, -0.2) is 16.9 Å². The first-order chi connectivity index (χ1) is 7.29. The lowest BCUT2D eigenvalue weighted by Gasteiger charge is -1.95. The van der Waals surface area contributed by atoms with Gasteiger partial charge in [0.05, 0.1) is 6.61 Å². The molecule has 1 aromatic carbocycles. The highest BCUT2D eigenvalue weighted by molar-refractivity contribution is 5.59. The number of aryl methyl sites for hydroxylation is 1. The van der Waals surface area contributed by atoms with Crippen LogP contribution in [0.5, 0.6) is 0 Å². The molecule has 0 atom stereocenters. The van der Waals surface area contributed by atoms with E-state index in [0.29, 0.717) is 12.2 Å². The Labute approximate surface area is 88.3 Å². The third kappa shape index (κ3) is 2.25. The van der Waals surface area contributed by atoms with E-state index in [9.17, 15) is 0 Å². The van der Waals surface area contributed by atoms with E-state index in [0.717, 1.165) is 11.3 Å². The maximum atomic E-state index is 8.75. The van der Waals surface area contributed by atoms with Crippen molar-refractivity contribution >= 4 is 0 Å². The van der Waals surface area contributed by atoms with Gasteiger partial charge in [-0.05, 0) is 6.92 Å². The minimum atomic E-state index is 0.0858. The van der Waals surface area contributed by atoms with E-state index in [1.807, 2.05) is 37.3 Å². The quantitative estimate of drug-likeness (QED) is 0.831. The second-order valence-electron chi connectivity index (χ2n) is 3.52. The Kier molecular flexibility index (Phi) is 2.83. The van der Waals surface area contributed by atoms with Crippen LogP contribution in [0.15, 0.2) is 34.9 Å². The number of aliphatic hydroxyl groups is 1. The second kappa shape index (κ2) is 4.28. The van der Waals surface area contributed by atoms with Gasteiger partial charge in [0, 0.05) is 18.1 Å². The van der Waals surface area contributed by atoms with Crippen molar-refractivity contribution in [1.29, 1.82) is 0 Å². The van der Waals surface area contributed by atoms with Gasteiger partial charge in [-0.3, -0.25) is 0 Å². The number of nitrogens with zero attached hydrogens (tertiary/aromatic N) is 1. The molecule has 0 bridgehead atoms. The van der Waals surface area contributed by atoms with Crippen LogP contribution in [0.2, 0.25) is 0 Å². The summed E-state index contributed by atoms with van der Waals surface area (Å²) >= 11 is 0. The van der Waals surface area contributed by atoms with Crippen molar-refractivity contribution in [2.24, 2.45) is 0 Å². The molecule has 0 aliphatic heterocycles. The van der Waals surface area contributed by atoms with Crippen LogP contribution >= 0.6 is 0 Å². The van der Waals surface area contributed by atoms with Gasteiger partial charge in [-0.25, -0.2) is 0 Å². The predicted octanol–water partition coefficient (Wildman–Crippen LogP) is 2.18. The molecule has 2 rings (SSSR count). The van der Waals surface area contributed by atoms with Gasteiger partial charge in [0.25, 0.3) is 0 Å². The van der Waals surface area contributed by atoms with Crippen LogP contribution in [0.25, 0.3) is 11.3 Å². The summed E-state index contributed by atoms with van der Waals surface area (Å²) in [7, 11) is 0. The van der Waals surface area contributed by atoms with Gasteiger partial charge >= 0.3 is 0 Å². The van der Waals surface area contributed by atoms with Crippen LogP contribution in [0.4, 0.5) is 0 Å². The molecule has 0 radical (unpaired) electrons. The van der Waals surface area contributed by atoms with Crippen molar-refractivity contribution in [2.75, 3.05) is 6.61 Å². The molecule has 3 heteroatoms. The molecule has 0 aliphatic rings. The Morgan fingerprint density at radius 3 is 2.67 bits per heavy atom. The van der Waals surface area contributed by atoms with Crippen molar-refractivity contribution in [2.45, 2.75) is 13.3 Å². The number of hydrogen-bond acceptors (Lipinski definition) is 3. The summed E-state index contributed by atoms with van der Waals surface area (Å²) in [6.45, 7) is 2.13. The van der Waals surface area contributed by atoms with Crippen LogP contribution in [0.1, 0.15) is 11.3 Å². The van der Waals surface area contributed by atoms with Crippen molar-refractivity contribution < 1.29 is 9.63 Å². The summed E-state index contributed by atoms with van der Waals surface area (Å²) in [5, 5.41) is 12.7. The summed E-state index contributed by atoms with van der Waals surface area (Å²) in [5.74, 6) is 0.716. The molecule has 15 heavy (non-hydrogen) atoms. The van der Waals surface area contributed by atoms with Crippen molar-refractivity contribution in [3.63, 3.8) is 0 Å². The van der Waals surface area contributed by atoms with Gasteiger partial charge in [0.1, 0.15) is 11.5 Å². The molecule has 0 saturated carbocycles. The Bertz CT molecular complexity index is 431. The fraction of sp³-hybridized carbons (Fsp3) is 0.250. The zero-order valence-corrected chi connectivity index (χ0v) is 8.60. The van der Waals surface area contributed by atoms with Crippen LogP contribution in [0.3, 0.4) is 0 Å². The smallest absolute Gasteiger partial charge is 0.139 e. The van der Waals surface area contributed by atoms with Gasteiger partial charge < -0.3 is 9.63 Å². The third-order valence-electron chi connectivity index (χ3n) is 2.26. The fourth-order valence-electron chi connectivity index (χ4n) is 1.40. The standard InChI is InChI=1S/C12H13NO2/c1-9-2-4-10(5-3-9)12-8-11(6-7-14)15-13-12/h2-5,8,14H,6-7H2,1H3. The maximum Gasteiger partial charge on any atom is 0.139 e. The summed E-state index contributed by atoms with van der Waals surface area (Å²) in [6.07, 6.45) is 0.513. The van der Waals surface area contributed by atoms with E-state index < -0.39 is 0 Å². The molecule has 3 nitrogen and oxygen atoms in total. The molecule has 1 N–H and O–H groups in total. The zero-order chi connectivity index (χ0) is 10.7. The fourth-order valence-corrected chi connectivity index (χ4v) is 1.40. The van der Waals surface area contributed by atoms with Gasteiger partial charge in [0.15, 0.2) is 0 Å². The number of benzene rings is 1. The van der Waals surface area contributed by atoms with E-state index in [1.54, 1.807) is 0 Å². The Morgan fingerprint density at radius 1 is 1.27 bits per heavy atom. The van der Waals surface area contributed by atoms with Crippen molar-refractivity contribution in [1.82, 2.24) is 5.16 Å². The minimum absolute atomic E-state index is 0.0858. The molecule has 0 spiro atoms. The molecule has 0 saturated heterocycles. The third-order valence-corrected chi connectivity index (χ3v) is 2.26. The molecule has 1 aromatic heterocycles. The van der Waals surface area contributed by atoms with E-state index >= 15 is 0 Å². The second-order valence-corrected chi connectivity index (χ2v) is 3.52. The maximum absolute atomic E-state index is 8.75. The summed E-state index contributed by atoms with van der Waals surface area (Å²) < 4.78 is 5.08. The number of rotatable bonds is 3. The number of aliphatic hydroxyl groups excluding tert-OH is 1. The SMILES string of the molecule is Cc1ccc(-c2cc(CCO)on2)cc1. The molecule has 2 aromatic rings. The van der Waals surface area contributed by atoms with Crippen molar-refractivity contribution in [3.8, 4) is 11.3 Å². The molecular formula is C12H13NO2. The first-order valence-corrected chi connectivity index (χ1v) is 4.93. The predicted molar refractivity (Wildman–Crippen MR) is 57.5 cm³/mol. The summed E-state index contributed by atoms with van der Waals surface area (Å²) in [4.78, 5) is 0. The lowest BCUT2D eigenvalue weighted by atomic mass is 10.1. The van der Waals surface area contributed by atoms with Gasteiger partial charge in [-0.1, -0.05) is 35.0 Å². The van der Waals surface area contributed by atoms with Gasteiger partial charge in [-0.2, -0.15) is 0 Å². The van der Waals surface area contributed by atoms with E-state index in [2.05, 4.69) is 5.16 Å². The minimum Gasteiger partial charge on any atom is -0.396 e.